The molecule has 0 fully saturated rings. The largest absolute Gasteiger partial charge is 0.461 e. The number of hydrogen-bond donors (Lipinski definition) is 2. The molecule has 0 aliphatic heterocycles. The van der Waals surface area contributed by atoms with Crippen molar-refractivity contribution < 1.29 is 24.0 Å². The second-order valence-electron chi connectivity index (χ2n) is 8.02. The number of halogens is 2. The molecule has 0 saturated heterocycles. The fourth-order valence-corrected chi connectivity index (χ4v) is 3.92. The third-order valence-electron chi connectivity index (χ3n) is 5.79. The highest BCUT2D eigenvalue weighted by molar-refractivity contribution is 6.34. The molecule has 0 aliphatic rings. The molecular formula is C26H36Cl2N4O5. The van der Waals surface area contributed by atoms with E-state index >= 15 is 0 Å². The van der Waals surface area contributed by atoms with Crippen LogP contribution in [0.15, 0.2) is 36.4 Å². The summed E-state index contributed by atoms with van der Waals surface area (Å²) in [5.74, 6) is -0.965. The van der Waals surface area contributed by atoms with Gasteiger partial charge in [0.25, 0.3) is 0 Å². The van der Waals surface area contributed by atoms with E-state index in [2.05, 4.69) is 48.5 Å². The van der Waals surface area contributed by atoms with Crippen LogP contribution in [-0.2, 0) is 14.4 Å². The van der Waals surface area contributed by atoms with Crippen LogP contribution in [0.3, 0.4) is 0 Å². The van der Waals surface area contributed by atoms with Crippen LogP contribution in [0, 0.1) is 0 Å². The number of esters is 2. The summed E-state index contributed by atoms with van der Waals surface area (Å²) in [6.45, 7) is 13.7. The molecule has 0 spiro atoms. The SMILES string of the molecule is CCN(CC)CCOC(=O)c1ccc(NONc2ccc(C(=O)OCCN(CC)CC)c(Cl)c2)cc1Cl. The quantitative estimate of drug-likeness (QED) is 0.210. The topological polar surface area (TPSA) is 92.4 Å². The van der Waals surface area contributed by atoms with Crippen molar-refractivity contribution in [1.29, 1.82) is 0 Å². The third-order valence-corrected chi connectivity index (χ3v) is 6.41. The van der Waals surface area contributed by atoms with Gasteiger partial charge in [0.1, 0.15) is 13.2 Å². The van der Waals surface area contributed by atoms with Crippen LogP contribution in [0.2, 0.25) is 10.0 Å². The number of benzene rings is 2. The minimum Gasteiger partial charge on any atom is -0.461 e. The molecule has 2 aromatic rings. The Morgan fingerprint density at radius 3 is 1.41 bits per heavy atom. The first-order chi connectivity index (χ1) is 17.8. The minimum absolute atomic E-state index is 0.230. The Bertz CT molecular complexity index is 937. The highest BCUT2D eigenvalue weighted by Gasteiger charge is 2.15. The monoisotopic (exact) mass is 554 g/mol. The van der Waals surface area contributed by atoms with Gasteiger partial charge in [-0.05, 0) is 62.6 Å². The van der Waals surface area contributed by atoms with Gasteiger partial charge in [0.05, 0.1) is 32.5 Å². The lowest BCUT2D eigenvalue weighted by atomic mass is 10.2. The summed E-state index contributed by atoms with van der Waals surface area (Å²) in [7, 11) is 0. The van der Waals surface area contributed by atoms with Crippen molar-refractivity contribution in [3.8, 4) is 0 Å². The number of nitrogens with zero attached hydrogens (tertiary/aromatic N) is 2. The second kappa shape index (κ2) is 16.3. The third kappa shape index (κ3) is 10.0. The van der Waals surface area contributed by atoms with Crippen LogP contribution in [0.25, 0.3) is 0 Å². The van der Waals surface area contributed by atoms with Gasteiger partial charge in [-0.15, -0.1) is 0 Å². The van der Waals surface area contributed by atoms with Crippen LogP contribution in [0.1, 0.15) is 48.4 Å². The Balaban J connectivity index is 1.83. The van der Waals surface area contributed by atoms with E-state index in [-0.39, 0.29) is 21.2 Å². The normalized spacial score (nSPS) is 11.0. The lowest BCUT2D eigenvalue weighted by Gasteiger charge is -2.17. The van der Waals surface area contributed by atoms with Gasteiger partial charge in [-0.25, -0.2) is 20.5 Å². The zero-order valence-corrected chi connectivity index (χ0v) is 23.3. The first kappa shape index (κ1) is 30.7. The maximum absolute atomic E-state index is 12.3. The van der Waals surface area contributed by atoms with Crippen LogP contribution in [0.5, 0.6) is 0 Å². The fourth-order valence-electron chi connectivity index (χ4n) is 3.40. The standard InChI is InChI=1S/C26H36Cl2N4O5/c1-5-31(6-2)13-15-35-25(33)21-11-9-19(17-23(21)27)29-37-30-20-10-12-22(24(28)18-20)26(34)36-16-14-32(7-3)8-4/h9-12,17-18,29-30H,5-8,13-16H2,1-4H3. The molecule has 0 unspecified atom stereocenters. The predicted octanol–water partition coefficient (Wildman–Crippen LogP) is 5.36. The number of likely N-dealkylation sites (N-methyl/N-ethyl adjacent to an activating group) is 2. The average molecular weight is 556 g/mol. The van der Waals surface area contributed by atoms with Crippen molar-refractivity contribution in [3.63, 3.8) is 0 Å². The minimum atomic E-state index is -0.482. The first-order valence-electron chi connectivity index (χ1n) is 12.4. The Labute approximate surface area is 228 Å². The number of nitrogens with one attached hydrogen (secondary N) is 2. The summed E-state index contributed by atoms with van der Waals surface area (Å²) in [4.78, 5) is 34.2. The Morgan fingerprint density at radius 1 is 0.703 bits per heavy atom. The van der Waals surface area contributed by atoms with E-state index in [1.165, 1.54) is 0 Å². The van der Waals surface area contributed by atoms with Crippen molar-refractivity contribution in [2.45, 2.75) is 27.7 Å². The summed E-state index contributed by atoms with van der Waals surface area (Å²) in [6, 6.07) is 9.50. The molecule has 9 nitrogen and oxygen atoms in total. The van der Waals surface area contributed by atoms with Crippen molar-refractivity contribution in [2.75, 3.05) is 63.4 Å². The zero-order valence-electron chi connectivity index (χ0n) is 21.8. The number of rotatable bonds is 16. The average Bonchev–Trinajstić information content (AvgIpc) is 2.89. The van der Waals surface area contributed by atoms with E-state index in [1.54, 1.807) is 36.4 Å². The van der Waals surface area contributed by atoms with Gasteiger partial charge in [-0.1, -0.05) is 50.9 Å². The molecule has 0 aromatic heterocycles. The molecule has 2 N–H and O–H groups in total. The summed E-state index contributed by atoms with van der Waals surface area (Å²) >= 11 is 12.5. The van der Waals surface area contributed by atoms with E-state index < -0.39 is 11.9 Å². The van der Waals surface area contributed by atoms with E-state index in [9.17, 15) is 9.59 Å². The van der Waals surface area contributed by atoms with Gasteiger partial charge in [0, 0.05) is 13.1 Å². The van der Waals surface area contributed by atoms with Gasteiger partial charge < -0.3 is 19.3 Å². The summed E-state index contributed by atoms with van der Waals surface area (Å²) in [6.07, 6.45) is 0. The Kier molecular flexibility index (Phi) is 13.5. The van der Waals surface area contributed by atoms with E-state index in [0.29, 0.717) is 37.7 Å². The number of hydrogen-bond acceptors (Lipinski definition) is 9. The second-order valence-corrected chi connectivity index (χ2v) is 8.84. The Morgan fingerprint density at radius 2 is 1.08 bits per heavy atom. The van der Waals surface area contributed by atoms with E-state index in [1.807, 2.05) is 0 Å². The number of carbonyl (C=O) groups excluding carboxylic acids is 2. The number of anilines is 2. The number of carbonyl (C=O) groups is 2. The number of ether oxygens (including phenoxy) is 2. The highest BCUT2D eigenvalue weighted by Crippen LogP contribution is 2.24. The summed E-state index contributed by atoms with van der Waals surface area (Å²) in [5.41, 5.74) is 6.93. The molecule has 0 aliphatic carbocycles. The molecule has 2 aromatic carbocycles. The van der Waals surface area contributed by atoms with Crippen molar-refractivity contribution in [2.24, 2.45) is 0 Å². The summed E-state index contributed by atoms with van der Waals surface area (Å²) < 4.78 is 10.7. The molecular weight excluding hydrogens is 519 g/mol. The van der Waals surface area contributed by atoms with Gasteiger partial charge >= 0.3 is 11.9 Å². The van der Waals surface area contributed by atoms with Crippen molar-refractivity contribution >= 4 is 46.5 Å². The van der Waals surface area contributed by atoms with E-state index in [0.717, 1.165) is 26.2 Å². The molecule has 0 amide bonds. The van der Waals surface area contributed by atoms with Gasteiger partial charge in [-0.3, -0.25) is 0 Å². The fraction of sp³-hybridized carbons (Fsp3) is 0.462. The van der Waals surface area contributed by atoms with E-state index in [4.69, 9.17) is 37.6 Å². The lowest BCUT2D eigenvalue weighted by molar-refractivity contribution is 0.0458. The lowest BCUT2D eigenvalue weighted by Crippen LogP contribution is -2.28. The van der Waals surface area contributed by atoms with Gasteiger partial charge in [-0.2, -0.15) is 4.94 Å². The molecule has 0 saturated carbocycles. The van der Waals surface area contributed by atoms with Gasteiger partial charge in [0.15, 0.2) is 0 Å². The predicted molar refractivity (Wildman–Crippen MR) is 147 cm³/mol. The molecule has 2 rings (SSSR count). The van der Waals surface area contributed by atoms with Crippen LogP contribution < -0.4 is 11.0 Å². The maximum Gasteiger partial charge on any atom is 0.339 e. The maximum atomic E-state index is 12.3. The first-order valence-corrected chi connectivity index (χ1v) is 13.1. The Hall–Kier alpha value is -2.56. The molecule has 0 atom stereocenters. The molecule has 11 heteroatoms. The van der Waals surface area contributed by atoms with Crippen molar-refractivity contribution in [3.05, 3.63) is 57.6 Å². The molecule has 0 heterocycles. The molecule has 0 bridgehead atoms. The molecule has 0 radical (unpaired) electrons. The molecule has 204 valence electrons. The smallest absolute Gasteiger partial charge is 0.339 e. The van der Waals surface area contributed by atoms with Gasteiger partial charge in [0.2, 0.25) is 0 Å². The van der Waals surface area contributed by atoms with Crippen LogP contribution in [0.4, 0.5) is 11.4 Å². The molecule has 37 heavy (non-hydrogen) atoms. The highest BCUT2D eigenvalue weighted by atomic mass is 35.5. The summed E-state index contributed by atoms with van der Waals surface area (Å²) in [5, 5.41) is 0.460. The van der Waals surface area contributed by atoms with Crippen LogP contribution >= 0.6 is 23.2 Å². The van der Waals surface area contributed by atoms with Crippen LogP contribution in [-0.4, -0.2) is 74.2 Å². The zero-order chi connectivity index (χ0) is 27.2. The van der Waals surface area contributed by atoms with Crippen molar-refractivity contribution in [1.82, 2.24) is 9.80 Å².